The zero-order valence-electron chi connectivity index (χ0n) is 7.67. The van der Waals surface area contributed by atoms with Crippen LogP contribution in [0.25, 0.3) is 0 Å². The van der Waals surface area contributed by atoms with Crippen LogP contribution in [-0.2, 0) is 0 Å². The molecule has 62 valence electrons. The zero-order chi connectivity index (χ0) is 8.43. The zero-order valence-corrected chi connectivity index (χ0v) is 7.67. The van der Waals surface area contributed by atoms with Crippen LogP contribution in [0.4, 0.5) is 0 Å². The number of rotatable bonds is 1. The minimum atomic E-state index is 0.484. The summed E-state index contributed by atoms with van der Waals surface area (Å²) < 4.78 is 0. The Labute approximate surface area is 69.8 Å². The average Bonchev–Trinajstić information content (AvgIpc) is 2.31. The lowest BCUT2D eigenvalue weighted by Gasteiger charge is -2.19. The standard InChI is InChI=1S/C10H17N/c1-5-10-7-11(8(2)3)6-9(10)4/h1,8-10H,6-7H2,2-4H3/t9-,10-/m0/s1. The molecule has 1 nitrogen and oxygen atoms in total. The first-order valence-electron chi connectivity index (χ1n) is 4.35. The molecule has 0 bridgehead atoms. The molecule has 1 aliphatic heterocycles. The topological polar surface area (TPSA) is 3.24 Å². The van der Waals surface area contributed by atoms with E-state index in [2.05, 4.69) is 31.6 Å². The van der Waals surface area contributed by atoms with Gasteiger partial charge in [-0.25, -0.2) is 0 Å². The second-order valence-corrected chi connectivity index (χ2v) is 3.80. The van der Waals surface area contributed by atoms with Gasteiger partial charge in [-0.3, -0.25) is 4.90 Å². The quantitative estimate of drug-likeness (QED) is 0.514. The van der Waals surface area contributed by atoms with E-state index in [1.54, 1.807) is 0 Å². The van der Waals surface area contributed by atoms with Crippen LogP contribution < -0.4 is 0 Å². The molecule has 0 saturated carbocycles. The van der Waals surface area contributed by atoms with Gasteiger partial charge in [0.05, 0.1) is 0 Å². The molecule has 0 unspecified atom stereocenters. The van der Waals surface area contributed by atoms with Gasteiger partial charge in [-0.1, -0.05) is 6.92 Å². The molecule has 0 N–H and O–H groups in total. The van der Waals surface area contributed by atoms with E-state index < -0.39 is 0 Å². The van der Waals surface area contributed by atoms with Crippen molar-refractivity contribution in [1.29, 1.82) is 0 Å². The van der Waals surface area contributed by atoms with Crippen molar-refractivity contribution in [2.24, 2.45) is 11.8 Å². The summed E-state index contributed by atoms with van der Waals surface area (Å²) in [6.45, 7) is 8.96. The molecule has 1 saturated heterocycles. The molecule has 0 spiro atoms. The fourth-order valence-corrected chi connectivity index (χ4v) is 1.64. The number of terminal acetylenes is 1. The fourth-order valence-electron chi connectivity index (χ4n) is 1.64. The van der Waals surface area contributed by atoms with Gasteiger partial charge in [0.1, 0.15) is 0 Å². The highest BCUT2D eigenvalue weighted by atomic mass is 15.2. The Morgan fingerprint density at radius 3 is 2.36 bits per heavy atom. The lowest BCUT2D eigenvalue weighted by atomic mass is 10.00. The van der Waals surface area contributed by atoms with Crippen LogP contribution in [0.5, 0.6) is 0 Å². The minimum absolute atomic E-state index is 0.484. The predicted molar refractivity (Wildman–Crippen MR) is 48.2 cm³/mol. The molecule has 11 heavy (non-hydrogen) atoms. The van der Waals surface area contributed by atoms with Crippen molar-refractivity contribution in [3.63, 3.8) is 0 Å². The lowest BCUT2D eigenvalue weighted by Crippen LogP contribution is -2.28. The summed E-state index contributed by atoms with van der Waals surface area (Å²) in [4.78, 5) is 2.45. The molecule has 0 aliphatic carbocycles. The van der Waals surface area contributed by atoms with Gasteiger partial charge in [0.15, 0.2) is 0 Å². The molecule has 1 heterocycles. The average molecular weight is 151 g/mol. The minimum Gasteiger partial charge on any atom is -0.299 e. The highest BCUT2D eigenvalue weighted by Gasteiger charge is 2.28. The maximum atomic E-state index is 5.41. The Morgan fingerprint density at radius 1 is 1.45 bits per heavy atom. The maximum Gasteiger partial charge on any atom is 0.0365 e. The van der Waals surface area contributed by atoms with Gasteiger partial charge in [0.2, 0.25) is 0 Å². The van der Waals surface area contributed by atoms with E-state index in [-0.39, 0.29) is 0 Å². The summed E-state index contributed by atoms with van der Waals surface area (Å²) in [6, 6.07) is 0.649. The van der Waals surface area contributed by atoms with Gasteiger partial charge in [0, 0.05) is 25.0 Å². The monoisotopic (exact) mass is 151 g/mol. The van der Waals surface area contributed by atoms with Crippen LogP contribution in [0.3, 0.4) is 0 Å². The van der Waals surface area contributed by atoms with Crippen molar-refractivity contribution < 1.29 is 0 Å². The van der Waals surface area contributed by atoms with E-state index in [0.29, 0.717) is 17.9 Å². The normalized spacial score (nSPS) is 32.6. The molecule has 1 fully saturated rings. The van der Waals surface area contributed by atoms with Crippen LogP contribution in [0, 0.1) is 24.2 Å². The van der Waals surface area contributed by atoms with Gasteiger partial charge in [0.25, 0.3) is 0 Å². The largest absolute Gasteiger partial charge is 0.299 e. The van der Waals surface area contributed by atoms with Crippen molar-refractivity contribution in [1.82, 2.24) is 4.90 Å². The second kappa shape index (κ2) is 3.28. The molecule has 0 aromatic heterocycles. The molecule has 0 radical (unpaired) electrons. The highest BCUT2D eigenvalue weighted by molar-refractivity contribution is 5.01. The van der Waals surface area contributed by atoms with Crippen LogP contribution in [0.2, 0.25) is 0 Å². The van der Waals surface area contributed by atoms with E-state index in [9.17, 15) is 0 Å². The van der Waals surface area contributed by atoms with E-state index in [1.807, 2.05) is 0 Å². The van der Waals surface area contributed by atoms with E-state index >= 15 is 0 Å². The van der Waals surface area contributed by atoms with Crippen LogP contribution >= 0.6 is 0 Å². The first-order valence-corrected chi connectivity index (χ1v) is 4.35. The smallest absolute Gasteiger partial charge is 0.0365 e. The highest BCUT2D eigenvalue weighted by Crippen LogP contribution is 2.23. The summed E-state index contributed by atoms with van der Waals surface area (Å²) in [7, 11) is 0. The maximum absolute atomic E-state index is 5.41. The lowest BCUT2D eigenvalue weighted by molar-refractivity contribution is 0.265. The third-order valence-corrected chi connectivity index (χ3v) is 2.58. The summed E-state index contributed by atoms with van der Waals surface area (Å²) in [6.07, 6.45) is 5.41. The van der Waals surface area contributed by atoms with Gasteiger partial charge >= 0.3 is 0 Å². The van der Waals surface area contributed by atoms with E-state index in [1.165, 1.54) is 6.54 Å². The molecule has 0 aromatic carbocycles. The van der Waals surface area contributed by atoms with Gasteiger partial charge in [-0.05, 0) is 19.8 Å². The van der Waals surface area contributed by atoms with Gasteiger partial charge in [-0.15, -0.1) is 12.3 Å². The Morgan fingerprint density at radius 2 is 2.09 bits per heavy atom. The Bertz CT molecular complexity index is 166. The summed E-state index contributed by atoms with van der Waals surface area (Å²) >= 11 is 0. The summed E-state index contributed by atoms with van der Waals surface area (Å²) in [5.41, 5.74) is 0. The van der Waals surface area contributed by atoms with Crippen molar-refractivity contribution in [3.05, 3.63) is 0 Å². The van der Waals surface area contributed by atoms with Gasteiger partial charge < -0.3 is 0 Å². The van der Waals surface area contributed by atoms with Crippen molar-refractivity contribution in [2.75, 3.05) is 13.1 Å². The molecule has 0 aromatic rings. The first kappa shape index (κ1) is 8.62. The van der Waals surface area contributed by atoms with Crippen molar-refractivity contribution in [3.8, 4) is 12.3 Å². The molecule has 0 amide bonds. The van der Waals surface area contributed by atoms with E-state index in [4.69, 9.17) is 6.42 Å². The first-order chi connectivity index (χ1) is 5.15. The SMILES string of the molecule is C#C[C@H]1CN(C(C)C)C[C@@H]1C. The third kappa shape index (κ3) is 1.75. The molecular weight excluding hydrogens is 134 g/mol. The fraction of sp³-hybridized carbons (Fsp3) is 0.800. The molecule has 1 rings (SSSR count). The van der Waals surface area contributed by atoms with Crippen LogP contribution in [-0.4, -0.2) is 24.0 Å². The molecule has 1 heteroatoms. The molecular formula is C10H17N. The Hall–Kier alpha value is -0.480. The number of nitrogens with zero attached hydrogens (tertiary/aromatic N) is 1. The Balaban J connectivity index is 2.51. The van der Waals surface area contributed by atoms with Crippen molar-refractivity contribution >= 4 is 0 Å². The third-order valence-electron chi connectivity index (χ3n) is 2.58. The van der Waals surface area contributed by atoms with Gasteiger partial charge in [-0.2, -0.15) is 0 Å². The van der Waals surface area contributed by atoms with E-state index in [0.717, 1.165) is 6.54 Å². The predicted octanol–water partition coefficient (Wildman–Crippen LogP) is 1.60. The van der Waals surface area contributed by atoms with Crippen LogP contribution in [0.15, 0.2) is 0 Å². The molecule has 1 aliphatic rings. The van der Waals surface area contributed by atoms with Crippen LogP contribution in [0.1, 0.15) is 20.8 Å². The summed E-state index contributed by atoms with van der Waals surface area (Å²) in [5, 5.41) is 0. The molecule has 2 atom stereocenters. The van der Waals surface area contributed by atoms with Crippen molar-refractivity contribution in [2.45, 2.75) is 26.8 Å². The number of hydrogen-bond acceptors (Lipinski definition) is 1. The Kier molecular flexibility index (Phi) is 2.57. The summed E-state index contributed by atoms with van der Waals surface area (Å²) in [5.74, 6) is 4.02. The number of hydrogen-bond donors (Lipinski definition) is 0. The number of likely N-dealkylation sites (tertiary alicyclic amines) is 1. The second-order valence-electron chi connectivity index (χ2n) is 3.80.